The van der Waals surface area contributed by atoms with Crippen LogP contribution >= 0.6 is 11.8 Å². The lowest BCUT2D eigenvalue weighted by Gasteiger charge is -2.11. The van der Waals surface area contributed by atoms with Crippen molar-refractivity contribution in [1.29, 1.82) is 0 Å². The average molecular weight is 291 g/mol. The van der Waals surface area contributed by atoms with Gasteiger partial charge >= 0.3 is 0 Å². The Morgan fingerprint density at radius 3 is 2.60 bits per heavy atom. The van der Waals surface area contributed by atoms with Crippen LogP contribution in [0, 0.1) is 10.1 Å². The highest BCUT2D eigenvalue weighted by Crippen LogP contribution is 2.41. The molecule has 5 heteroatoms. The summed E-state index contributed by atoms with van der Waals surface area (Å²) < 4.78 is 5.48. The molecule has 2 rings (SSSR count). The quantitative estimate of drug-likeness (QED) is 0.336. The second-order valence-corrected chi connectivity index (χ2v) is 5.57. The number of nitro groups is 1. The molecule has 0 N–H and O–H groups in total. The largest absolute Gasteiger partial charge is 0.495 e. The summed E-state index contributed by atoms with van der Waals surface area (Å²) in [6.07, 6.45) is 2.18. The van der Waals surface area contributed by atoms with E-state index in [-0.39, 0.29) is 10.6 Å². The molecular formula is C15H17NO3S. The van der Waals surface area contributed by atoms with Crippen LogP contribution in [0.1, 0.15) is 19.8 Å². The van der Waals surface area contributed by atoms with Gasteiger partial charge in [0.1, 0.15) is 5.75 Å². The number of fused-ring (bicyclic) bond motifs is 1. The first-order valence-corrected chi connectivity index (χ1v) is 7.54. The summed E-state index contributed by atoms with van der Waals surface area (Å²) in [4.78, 5) is 11.8. The summed E-state index contributed by atoms with van der Waals surface area (Å²) in [5.41, 5.74) is 0.139. The van der Waals surface area contributed by atoms with E-state index in [0.29, 0.717) is 5.39 Å². The predicted octanol–water partition coefficient (Wildman–Crippen LogP) is 4.65. The maximum Gasteiger partial charge on any atom is 0.278 e. The van der Waals surface area contributed by atoms with Gasteiger partial charge in [0.25, 0.3) is 5.69 Å². The molecule has 0 bridgehead atoms. The van der Waals surface area contributed by atoms with E-state index < -0.39 is 0 Å². The zero-order chi connectivity index (χ0) is 14.5. The van der Waals surface area contributed by atoms with Gasteiger partial charge in [0.05, 0.1) is 22.3 Å². The summed E-state index contributed by atoms with van der Waals surface area (Å²) in [6.45, 7) is 2.13. The van der Waals surface area contributed by atoms with Crippen LogP contribution in [0.5, 0.6) is 5.75 Å². The van der Waals surface area contributed by atoms with E-state index in [2.05, 4.69) is 6.92 Å². The van der Waals surface area contributed by atoms with Crippen LogP contribution in [-0.4, -0.2) is 17.8 Å². The Balaban J connectivity index is 2.58. The van der Waals surface area contributed by atoms with Crippen molar-refractivity contribution in [3.8, 4) is 5.75 Å². The summed E-state index contributed by atoms with van der Waals surface area (Å²) in [6, 6.07) is 8.93. The van der Waals surface area contributed by atoms with Gasteiger partial charge in [0.15, 0.2) is 0 Å². The molecule has 0 unspecified atom stereocenters. The Kier molecular flexibility index (Phi) is 4.84. The number of benzene rings is 2. The molecule has 4 nitrogen and oxygen atoms in total. The Labute approximate surface area is 122 Å². The van der Waals surface area contributed by atoms with Crippen molar-refractivity contribution in [2.45, 2.75) is 24.7 Å². The summed E-state index contributed by atoms with van der Waals surface area (Å²) >= 11 is 1.61. The fourth-order valence-corrected chi connectivity index (χ4v) is 3.27. The minimum absolute atomic E-state index is 0.139. The van der Waals surface area contributed by atoms with Gasteiger partial charge in [-0.25, -0.2) is 0 Å². The number of nitro benzene ring substituents is 1. The highest BCUT2D eigenvalue weighted by atomic mass is 32.2. The number of unbranched alkanes of at least 4 members (excludes halogenated alkanes) is 1. The number of hydrogen-bond donors (Lipinski definition) is 0. The zero-order valence-corrected chi connectivity index (χ0v) is 12.4. The fourth-order valence-electron chi connectivity index (χ4n) is 2.10. The SMILES string of the molecule is CCCCSc1cc([N+](=O)[O-])c2ccccc2c1OC. The molecule has 0 aromatic heterocycles. The molecule has 106 valence electrons. The first kappa shape index (κ1) is 14.7. The maximum absolute atomic E-state index is 11.3. The van der Waals surface area contributed by atoms with Gasteiger partial charge in [-0.15, -0.1) is 11.8 Å². The number of non-ortho nitro benzene ring substituents is 1. The topological polar surface area (TPSA) is 52.4 Å². The van der Waals surface area contributed by atoms with E-state index in [1.807, 2.05) is 12.1 Å². The highest BCUT2D eigenvalue weighted by Gasteiger charge is 2.19. The van der Waals surface area contributed by atoms with Gasteiger partial charge in [0.2, 0.25) is 0 Å². The molecule has 2 aromatic carbocycles. The number of methoxy groups -OCH3 is 1. The van der Waals surface area contributed by atoms with Gasteiger partial charge < -0.3 is 4.74 Å². The van der Waals surface area contributed by atoms with Crippen LogP contribution < -0.4 is 4.74 Å². The first-order valence-electron chi connectivity index (χ1n) is 6.56. The smallest absolute Gasteiger partial charge is 0.278 e. The van der Waals surface area contributed by atoms with Gasteiger partial charge in [-0.3, -0.25) is 10.1 Å². The lowest BCUT2D eigenvalue weighted by molar-refractivity contribution is -0.383. The highest BCUT2D eigenvalue weighted by molar-refractivity contribution is 7.99. The number of ether oxygens (including phenoxy) is 1. The third-order valence-corrected chi connectivity index (χ3v) is 4.20. The third kappa shape index (κ3) is 2.88. The van der Waals surface area contributed by atoms with Gasteiger partial charge in [-0.2, -0.15) is 0 Å². The molecule has 0 radical (unpaired) electrons. The molecule has 0 fully saturated rings. The van der Waals surface area contributed by atoms with Crippen LogP contribution in [0.3, 0.4) is 0 Å². The minimum Gasteiger partial charge on any atom is -0.495 e. The van der Waals surface area contributed by atoms with E-state index in [4.69, 9.17) is 4.74 Å². The van der Waals surface area contributed by atoms with Crippen molar-refractivity contribution in [3.63, 3.8) is 0 Å². The lowest BCUT2D eigenvalue weighted by atomic mass is 10.1. The average Bonchev–Trinajstić information content (AvgIpc) is 2.46. The van der Waals surface area contributed by atoms with E-state index in [1.54, 1.807) is 37.1 Å². The van der Waals surface area contributed by atoms with Crippen LogP contribution in [0.25, 0.3) is 10.8 Å². The van der Waals surface area contributed by atoms with Crippen LogP contribution in [0.4, 0.5) is 5.69 Å². The predicted molar refractivity (Wildman–Crippen MR) is 82.8 cm³/mol. The molecule has 0 aliphatic rings. The molecule has 0 amide bonds. The van der Waals surface area contributed by atoms with Crippen LogP contribution in [-0.2, 0) is 0 Å². The van der Waals surface area contributed by atoms with Crippen LogP contribution in [0.15, 0.2) is 35.2 Å². The Morgan fingerprint density at radius 1 is 1.30 bits per heavy atom. The van der Waals surface area contributed by atoms with E-state index in [1.165, 1.54) is 0 Å². The van der Waals surface area contributed by atoms with Crippen LogP contribution in [0.2, 0.25) is 0 Å². The molecule has 0 atom stereocenters. The van der Waals surface area contributed by atoms with Gasteiger partial charge in [-0.05, 0) is 18.2 Å². The monoisotopic (exact) mass is 291 g/mol. The Hall–Kier alpha value is -1.75. The normalized spacial score (nSPS) is 10.7. The van der Waals surface area contributed by atoms with Gasteiger partial charge in [0, 0.05) is 11.5 Å². The molecular weight excluding hydrogens is 274 g/mol. The summed E-state index contributed by atoms with van der Waals surface area (Å²) in [5, 5.41) is 12.7. The first-order chi connectivity index (χ1) is 9.69. The van der Waals surface area contributed by atoms with Crippen molar-refractivity contribution in [1.82, 2.24) is 0 Å². The van der Waals surface area contributed by atoms with Crippen molar-refractivity contribution in [2.24, 2.45) is 0 Å². The molecule has 20 heavy (non-hydrogen) atoms. The standard InChI is InChI=1S/C15H17NO3S/c1-3-4-9-20-14-10-13(16(17)18)11-7-5-6-8-12(11)15(14)19-2/h5-8,10H,3-4,9H2,1-2H3. The number of thioether (sulfide) groups is 1. The van der Waals surface area contributed by atoms with Crippen molar-refractivity contribution in [2.75, 3.05) is 12.9 Å². The Bertz CT molecular complexity index is 628. The Morgan fingerprint density at radius 2 is 2.00 bits per heavy atom. The molecule has 0 saturated heterocycles. The molecule has 0 aliphatic carbocycles. The number of nitrogens with zero attached hydrogens (tertiary/aromatic N) is 1. The molecule has 0 saturated carbocycles. The fraction of sp³-hybridized carbons (Fsp3) is 0.333. The zero-order valence-electron chi connectivity index (χ0n) is 11.6. The number of hydrogen-bond acceptors (Lipinski definition) is 4. The van der Waals surface area contributed by atoms with Crippen molar-refractivity contribution < 1.29 is 9.66 Å². The van der Waals surface area contributed by atoms with Crippen molar-refractivity contribution >= 4 is 28.2 Å². The summed E-state index contributed by atoms with van der Waals surface area (Å²) in [7, 11) is 1.61. The molecule has 0 heterocycles. The second-order valence-electron chi connectivity index (χ2n) is 4.43. The third-order valence-electron chi connectivity index (χ3n) is 3.10. The van der Waals surface area contributed by atoms with E-state index >= 15 is 0 Å². The van der Waals surface area contributed by atoms with Gasteiger partial charge in [-0.1, -0.05) is 31.5 Å². The van der Waals surface area contributed by atoms with Crippen molar-refractivity contribution in [3.05, 3.63) is 40.4 Å². The lowest BCUT2D eigenvalue weighted by Crippen LogP contribution is -1.95. The summed E-state index contributed by atoms with van der Waals surface area (Å²) in [5.74, 6) is 1.66. The maximum atomic E-state index is 11.3. The molecule has 0 aliphatic heterocycles. The van der Waals surface area contributed by atoms with E-state index in [0.717, 1.165) is 34.6 Å². The second kappa shape index (κ2) is 6.61. The number of rotatable bonds is 6. The minimum atomic E-state index is -0.328. The van der Waals surface area contributed by atoms with E-state index in [9.17, 15) is 10.1 Å². The molecule has 0 spiro atoms. The molecule has 2 aromatic rings.